The molecular formula is C26H25Cl2N3O4S. The van der Waals surface area contributed by atoms with Crippen LogP contribution in [0.5, 0.6) is 0 Å². The first kappa shape index (κ1) is 26.3. The Balaban J connectivity index is 1.63. The van der Waals surface area contributed by atoms with Crippen molar-refractivity contribution in [2.45, 2.75) is 26.4 Å². The topological polar surface area (TPSA) is 80.6 Å². The lowest BCUT2D eigenvalue weighted by molar-refractivity contribution is -0.123. The van der Waals surface area contributed by atoms with Gasteiger partial charge in [-0.2, -0.15) is 0 Å². The second kappa shape index (κ2) is 11.5. The molecule has 3 aromatic rings. The number of fused-ring (bicyclic) bond motifs is 1. The van der Waals surface area contributed by atoms with E-state index in [1.54, 1.807) is 31.4 Å². The predicted octanol–water partition coefficient (Wildman–Crippen LogP) is 5.51. The smallest absolute Gasteiger partial charge is 0.293 e. The third-order valence-electron chi connectivity index (χ3n) is 5.82. The number of hydrogen-bond donors (Lipinski definition) is 1. The standard InChI is InChI=1S/C26H25Cl2N3O4S/c1-3-17-5-4-6-19-18(14-30(24(17)19)15-23(32)29-9-10-35-2)12-22-25(33)31(26(34)36-22)13-16-7-8-20(27)21(28)11-16/h4-8,11-12,14H,3,9-10,13,15H2,1-2H3,(H,29,32)/b22-12-. The Bertz CT molecular complexity index is 1370. The van der Waals surface area contributed by atoms with Crippen molar-refractivity contribution in [2.75, 3.05) is 20.3 Å². The molecular weight excluding hydrogens is 521 g/mol. The monoisotopic (exact) mass is 545 g/mol. The zero-order valence-electron chi connectivity index (χ0n) is 19.8. The van der Waals surface area contributed by atoms with Gasteiger partial charge < -0.3 is 14.6 Å². The van der Waals surface area contributed by atoms with E-state index in [-0.39, 0.29) is 30.1 Å². The number of thioether (sulfide) groups is 1. The maximum Gasteiger partial charge on any atom is 0.293 e. The molecule has 1 N–H and O–H groups in total. The summed E-state index contributed by atoms with van der Waals surface area (Å²) in [5.41, 5.74) is 3.49. The van der Waals surface area contributed by atoms with Crippen molar-refractivity contribution in [3.63, 3.8) is 0 Å². The number of ether oxygens (including phenoxy) is 1. The number of para-hydroxylation sites is 1. The van der Waals surface area contributed by atoms with Crippen LogP contribution in [0.3, 0.4) is 0 Å². The zero-order valence-corrected chi connectivity index (χ0v) is 22.2. The number of imide groups is 1. The van der Waals surface area contributed by atoms with E-state index in [4.69, 9.17) is 27.9 Å². The van der Waals surface area contributed by atoms with Crippen molar-refractivity contribution in [1.29, 1.82) is 0 Å². The molecule has 1 saturated heterocycles. The number of carbonyl (C=O) groups is 3. The van der Waals surface area contributed by atoms with Crippen LogP contribution in [0.1, 0.15) is 23.6 Å². The summed E-state index contributed by atoms with van der Waals surface area (Å²) in [5, 5.41) is 4.17. The van der Waals surface area contributed by atoms with E-state index in [0.717, 1.165) is 40.2 Å². The van der Waals surface area contributed by atoms with Gasteiger partial charge in [0.1, 0.15) is 6.54 Å². The largest absolute Gasteiger partial charge is 0.383 e. The minimum absolute atomic E-state index is 0.0995. The number of rotatable bonds is 9. The predicted molar refractivity (Wildman–Crippen MR) is 144 cm³/mol. The highest BCUT2D eigenvalue weighted by Gasteiger charge is 2.35. The number of aromatic nitrogens is 1. The third-order valence-corrected chi connectivity index (χ3v) is 7.47. The summed E-state index contributed by atoms with van der Waals surface area (Å²) in [5.74, 6) is -0.510. The molecule has 2 aromatic carbocycles. The van der Waals surface area contributed by atoms with Crippen LogP contribution in [-0.2, 0) is 33.8 Å². The van der Waals surface area contributed by atoms with Crippen molar-refractivity contribution in [2.24, 2.45) is 0 Å². The van der Waals surface area contributed by atoms with Crippen molar-refractivity contribution >= 4 is 69.0 Å². The molecule has 2 heterocycles. The van der Waals surface area contributed by atoms with Crippen LogP contribution in [0, 0.1) is 0 Å². The van der Waals surface area contributed by atoms with Crippen molar-refractivity contribution in [1.82, 2.24) is 14.8 Å². The van der Waals surface area contributed by atoms with Gasteiger partial charge in [-0.1, -0.05) is 54.4 Å². The Morgan fingerprint density at radius 1 is 1.17 bits per heavy atom. The maximum atomic E-state index is 13.1. The first-order valence-corrected chi connectivity index (χ1v) is 12.9. The molecule has 0 radical (unpaired) electrons. The Morgan fingerprint density at radius 3 is 2.69 bits per heavy atom. The number of aryl methyl sites for hydroxylation is 1. The Hall–Kier alpha value is -2.78. The highest BCUT2D eigenvalue weighted by atomic mass is 35.5. The van der Waals surface area contributed by atoms with Crippen LogP contribution in [0.25, 0.3) is 17.0 Å². The fraction of sp³-hybridized carbons (Fsp3) is 0.269. The lowest BCUT2D eigenvalue weighted by Crippen LogP contribution is -2.30. The fourth-order valence-corrected chi connectivity index (χ4v) is 5.24. The van der Waals surface area contributed by atoms with Gasteiger partial charge in [0.15, 0.2) is 0 Å². The number of nitrogens with one attached hydrogen (secondary N) is 1. The van der Waals surface area contributed by atoms with E-state index in [1.807, 2.05) is 29.0 Å². The molecule has 188 valence electrons. The van der Waals surface area contributed by atoms with E-state index < -0.39 is 0 Å². The number of carbonyl (C=O) groups excluding carboxylic acids is 3. The average Bonchev–Trinajstić information content (AvgIpc) is 3.33. The highest BCUT2D eigenvalue weighted by Crippen LogP contribution is 2.36. The quantitative estimate of drug-likeness (QED) is 0.283. The van der Waals surface area contributed by atoms with Gasteiger partial charge in [-0.15, -0.1) is 0 Å². The molecule has 0 saturated carbocycles. The molecule has 1 fully saturated rings. The van der Waals surface area contributed by atoms with Crippen LogP contribution in [-0.4, -0.2) is 46.8 Å². The van der Waals surface area contributed by atoms with Crippen molar-refractivity contribution in [3.05, 3.63) is 74.2 Å². The normalized spacial score (nSPS) is 14.9. The number of amides is 3. The Labute approximate surface area is 223 Å². The summed E-state index contributed by atoms with van der Waals surface area (Å²) >= 11 is 13.0. The Morgan fingerprint density at radius 2 is 1.97 bits per heavy atom. The molecule has 10 heteroatoms. The lowest BCUT2D eigenvalue weighted by atomic mass is 10.1. The molecule has 0 spiro atoms. The second-order valence-corrected chi connectivity index (χ2v) is 10.0. The Kier molecular flexibility index (Phi) is 8.41. The molecule has 0 bridgehead atoms. The second-order valence-electron chi connectivity index (χ2n) is 8.24. The van der Waals surface area contributed by atoms with Gasteiger partial charge in [0.05, 0.1) is 33.6 Å². The summed E-state index contributed by atoms with van der Waals surface area (Å²) in [6, 6.07) is 11.0. The molecule has 0 atom stereocenters. The number of nitrogens with zero attached hydrogens (tertiary/aromatic N) is 2. The first-order valence-electron chi connectivity index (χ1n) is 11.4. The molecule has 1 aliphatic rings. The van der Waals surface area contributed by atoms with Crippen molar-refractivity contribution < 1.29 is 19.1 Å². The molecule has 3 amide bonds. The molecule has 1 aliphatic heterocycles. The van der Waals surface area contributed by atoms with E-state index in [9.17, 15) is 14.4 Å². The summed E-state index contributed by atoms with van der Waals surface area (Å²) < 4.78 is 6.89. The maximum absolute atomic E-state index is 13.1. The number of hydrogen-bond acceptors (Lipinski definition) is 5. The van der Waals surface area contributed by atoms with E-state index >= 15 is 0 Å². The number of benzene rings is 2. The minimum atomic E-state index is -0.374. The molecule has 36 heavy (non-hydrogen) atoms. The molecule has 1 aromatic heterocycles. The summed E-state index contributed by atoms with van der Waals surface area (Å²) in [6.45, 7) is 3.14. The average molecular weight is 546 g/mol. The van der Waals surface area contributed by atoms with Crippen LogP contribution < -0.4 is 5.32 Å². The van der Waals surface area contributed by atoms with E-state index in [0.29, 0.717) is 33.7 Å². The van der Waals surface area contributed by atoms with Gasteiger partial charge in [0.25, 0.3) is 11.1 Å². The molecule has 7 nitrogen and oxygen atoms in total. The fourth-order valence-electron chi connectivity index (χ4n) is 4.09. The lowest BCUT2D eigenvalue weighted by Gasteiger charge is -2.12. The molecule has 0 aliphatic carbocycles. The zero-order chi connectivity index (χ0) is 25.8. The van der Waals surface area contributed by atoms with Gasteiger partial charge in [0.2, 0.25) is 5.91 Å². The van der Waals surface area contributed by atoms with Crippen LogP contribution in [0.4, 0.5) is 4.79 Å². The molecule has 0 unspecified atom stereocenters. The summed E-state index contributed by atoms with van der Waals surface area (Å²) in [4.78, 5) is 39.8. The van der Waals surface area contributed by atoms with Crippen LogP contribution in [0.2, 0.25) is 10.0 Å². The number of methoxy groups -OCH3 is 1. The third kappa shape index (κ3) is 5.62. The van der Waals surface area contributed by atoms with E-state index in [1.165, 1.54) is 4.90 Å². The highest BCUT2D eigenvalue weighted by molar-refractivity contribution is 8.18. The van der Waals surface area contributed by atoms with Crippen molar-refractivity contribution in [3.8, 4) is 0 Å². The van der Waals surface area contributed by atoms with Gasteiger partial charge in [-0.05, 0) is 47.5 Å². The van der Waals surface area contributed by atoms with E-state index in [2.05, 4.69) is 12.2 Å². The van der Waals surface area contributed by atoms with Gasteiger partial charge in [-0.25, -0.2) is 0 Å². The van der Waals surface area contributed by atoms with Crippen LogP contribution >= 0.6 is 35.0 Å². The van der Waals surface area contributed by atoms with Gasteiger partial charge >= 0.3 is 0 Å². The first-order chi connectivity index (χ1) is 17.3. The van der Waals surface area contributed by atoms with Crippen LogP contribution in [0.15, 0.2) is 47.5 Å². The van der Waals surface area contributed by atoms with Gasteiger partial charge in [0, 0.05) is 30.8 Å². The summed E-state index contributed by atoms with van der Waals surface area (Å²) in [6.07, 6.45) is 4.36. The minimum Gasteiger partial charge on any atom is -0.383 e. The summed E-state index contributed by atoms with van der Waals surface area (Å²) in [7, 11) is 1.58. The van der Waals surface area contributed by atoms with Gasteiger partial charge in [-0.3, -0.25) is 19.3 Å². The number of halogens is 2. The SMILES string of the molecule is CCc1cccc2c(/C=C3\SC(=O)N(Cc4ccc(Cl)c(Cl)c4)C3=O)cn(CC(=O)NCCOC)c12. The molecule has 4 rings (SSSR count).